The average molecular weight is 547 g/mol. The van der Waals surface area contributed by atoms with Crippen LogP contribution in [-0.2, 0) is 17.4 Å². The number of pyridine rings is 1. The van der Waals surface area contributed by atoms with Gasteiger partial charge in [-0.3, -0.25) is 9.78 Å². The smallest absolute Gasteiger partial charge is 0.416 e. The SMILES string of the molecule is COc1ccc2nccc(C(F)CC[C@@H]3CCN(CCCc4ccccc4C(F)(F)F)C[C@@H]3CC(=O)O)c2c1. The highest BCUT2D eigenvalue weighted by atomic mass is 19.4. The molecular weight excluding hydrogens is 512 g/mol. The Morgan fingerprint density at radius 1 is 1.18 bits per heavy atom. The van der Waals surface area contributed by atoms with Gasteiger partial charge in [0, 0.05) is 24.5 Å². The minimum Gasteiger partial charge on any atom is -0.497 e. The highest BCUT2D eigenvalue weighted by Crippen LogP contribution is 2.37. The van der Waals surface area contributed by atoms with Crippen LogP contribution in [0.2, 0.25) is 0 Å². The monoisotopic (exact) mass is 546 g/mol. The number of ether oxygens (including phenoxy) is 1. The lowest BCUT2D eigenvalue weighted by atomic mass is 9.79. The molecule has 1 unspecified atom stereocenters. The number of benzene rings is 2. The van der Waals surface area contributed by atoms with Crippen LogP contribution in [-0.4, -0.2) is 47.7 Å². The zero-order chi connectivity index (χ0) is 28.0. The van der Waals surface area contributed by atoms with E-state index in [0.717, 1.165) is 12.5 Å². The molecule has 0 amide bonds. The first-order valence-corrected chi connectivity index (χ1v) is 13.3. The van der Waals surface area contributed by atoms with Gasteiger partial charge in [0.15, 0.2) is 0 Å². The maximum absolute atomic E-state index is 15.5. The predicted octanol–water partition coefficient (Wildman–Crippen LogP) is 7.10. The van der Waals surface area contributed by atoms with E-state index in [2.05, 4.69) is 9.88 Å². The molecule has 0 bridgehead atoms. The molecule has 1 N–H and O–H groups in total. The number of aryl methyl sites for hydroxylation is 1. The number of nitrogens with zero attached hydrogens (tertiary/aromatic N) is 2. The van der Waals surface area contributed by atoms with Crippen molar-refractivity contribution in [1.29, 1.82) is 0 Å². The van der Waals surface area contributed by atoms with Crippen molar-refractivity contribution in [3.05, 3.63) is 71.4 Å². The molecule has 1 fully saturated rings. The van der Waals surface area contributed by atoms with Crippen LogP contribution in [0.3, 0.4) is 0 Å². The predicted molar refractivity (Wildman–Crippen MR) is 141 cm³/mol. The van der Waals surface area contributed by atoms with Gasteiger partial charge in [-0.2, -0.15) is 13.2 Å². The molecule has 3 aromatic rings. The summed E-state index contributed by atoms with van der Waals surface area (Å²) in [5.41, 5.74) is 0.905. The Labute approximate surface area is 225 Å². The van der Waals surface area contributed by atoms with Crippen LogP contribution in [0.15, 0.2) is 54.7 Å². The number of halogens is 4. The number of carboxylic acid groups (broad SMARTS) is 1. The summed E-state index contributed by atoms with van der Waals surface area (Å²) < 4.78 is 60.7. The minimum atomic E-state index is -4.38. The number of likely N-dealkylation sites (tertiary alicyclic amines) is 1. The number of fused-ring (bicyclic) bond motifs is 1. The molecule has 0 spiro atoms. The van der Waals surface area contributed by atoms with Gasteiger partial charge < -0.3 is 14.7 Å². The van der Waals surface area contributed by atoms with Crippen LogP contribution in [0.4, 0.5) is 17.6 Å². The first-order chi connectivity index (χ1) is 18.7. The fraction of sp³-hybridized carbons (Fsp3) is 0.467. The molecule has 210 valence electrons. The Morgan fingerprint density at radius 3 is 2.72 bits per heavy atom. The molecule has 1 aliphatic rings. The second kappa shape index (κ2) is 12.8. The fourth-order valence-corrected chi connectivity index (χ4v) is 5.77. The maximum Gasteiger partial charge on any atom is 0.416 e. The lowest BCUT2D eigenvalue weighted by Gasteiger charge is -2.38. The zero-order valence-corrected chi connectivity index (χ0v) is 22.0. The quantitative estimate of drug-likeness (QED) is 0.260. The largest absolute Gasteiger partial charge is 0.497 e. The third-order valence-electron chi connectivity index (χ3n) is 7.77. The van der Waals surface area contributed by atoms with Gasteiger partial charge in [-0.05, 0) is 98.5 Å². The number of alkyl halides is 4. The Hall–Kier alpha value is -3.20. The van der Waals surface area contributed by atoms with Gasteiger partial charge >= 0.3 is 12.1 Å². The Balaban J connectivity index is 1.35. The molecular formula is C30H34F4N2O3. The van der Waals surface area contributed by atoms with Crippen molar-refractivity contribution in [1.82, 2.24) is 9.88 Å². The lowest BCUT2D eigenvalue weighted by molar-refractivity contribution is -0.139. The van der Waals surface area contributed by atoms with E-state index in [4.69, 9.17) is 4.74 Å². The summed E-state index contributed by atoms with van der Waals surface area (Å²) in [5, 5.41) is 10.2. The van der Waals surface area contributed by atoms with E-state index in [0.29, 0.717) is 61.1 Å². The van der Waals surface area contributed by atoms with Crippen LogP contribution in [0.5, 0.6) is 5.75 Å². The number of carbonyl (C=O) groups is 1. The highest BCUT2D eigenvalue weighted by molar-refractivity contribution is 5.83. The van der Waals surface area contributed by atoms with Crippen LogP contribution in [0.25, 0.3) is 10.9 Å². The molecule has 0 radical (unpaired) electrons. The van der Waals surface area contributed by atoms with Crippen molar-refractivity contribution in [2.75, 3.05) is 26.7 Å². The van der Waals surface area contributed by atoms with E-state index in [-0.39, 0.29) is 30.2 Å². The normalized spacial score (nSPS) is 19.2. The van der Waals surface area contributed by atoms with Crippen LogP contribution < -0.4 is 4.74 Å². The molecule has 0 aliphatic carbocycles. The van der Waals surface area contributed by atoms with Crippen molar-refractivity contribution >= 4 is 16.9 Å². The molecule has 1 aliphatic heterocycles. The van der Waals surface area contributed by atoms with E-state index in [1.807, 2.05) is 0 Å². The summed E-state index contributed by atoms with van der Waals surface area (Å²) in [6, 6.07) is 12.7. The summed E-state index contributed by atoms with van der Waals surface area (Å²) in [6.45, 7) is 1.85. The summed E-state index contributed by atoms with van der Waals surface area (Å²) in [6.07, 6.45) is -1.62. The second-order valence-electron chi connectivity index (χ2n) is 10.3. The van der Waals surface area contributed by atoms with E-state index in [9.17, 15) is 23.1 Å². The van der Waals surface area contributed by atoms with Crippen molar-refractivity contribution in [3.63, 3.8) is 0 Å². The summed E-state index contributed by atoms with van der Waals surface area (Å²) in [5.74, 6) is -0.348. The third-order valence-corrected chi connectivity index (χ3v) is 7.77. The molecule has 9 heteroatoms. The number of rotatable bonds is 11. The van der Waals surface area contributed by atoms with Crippen LogP contribution >= 0.6 is 0 Å². The molecule has 3 atom stereocenters. The number of hydrogen-bond donors (Lipinski definition) is 1. The molecule has 5 nitrogen and oxygen atoms in total. The van der Waals surface area contributed by atoms with E-state index >= 15 is 4.39 Å². The summed E-state index contributed by atoms with van der Waals surface area (Å²) in [4.78, 5) is 18.0. The first-order valence-electron chi connectivity index (χ1n) is 13.3. The summed E-state index contributed by atoms with van der Waals surface area (Å²) in [7, 11) is 1.56. The van der Waals surface area contributed by atoms with Crippen molar-refractivity contribution < 1.29 is 32.2 Å². The Kier molecular flexibility index (Phi) is 9.43. The van der Waals surface area contributed by atoms with Crippen LogP contribution in [0, 0.1) is 11.8 Å². The molecule has 2 heterocycles. The lowest BCUT2D eigenvalue weighted by Crippen LogP contribution is -2.42. The Bertz CT molecular complexity index is 1270. The second-order valence-corrected chi connectivity index (χ2v) is 10.3. The van der Waals surface area contributed by atoms with Gasteiger partial charge in [-0.1, -0.05) is 18.2 Å². The van der Waals surface area contributed by atoms with Crippen LogP contribution in [0.1, 0.15) is 55.0 Å². The average Bonchev–Trinajstić information content (AvgIpc) is 2.91. The zero-order valence-electron chi connectivity index (χ0n) is 22.0. The topological polar surface area (TPSA) is 62.7 Å². The van der Waals surface area contributed by atoms with Gasteiger partial charge in [-0.25, -0.2) is 4.39 Å². The minimum absolute atomic E-state index is 0.00951. The number of piperidine rings is 1. The molecule has 4 rings (SSSR count). The molecule has 2 aromatic carbocycles. The number of carboxylic acids is 1. The van der Waals surface area contributed by atoms with E-state index in [1.165, 1.54) is 12.1 Å². The third kappa shape index (κ3) is 7.47. The van der Waals surface area contributed by atoms with Gasteiger partial charge in [0.1, 0.15) is 11.9 Å². The molecule has 1 saturated heterocycles. The maximum atomic E-state index is 15.5. The number of aliphatic carboxylic acids is 1. The van der Waals surface area contributed by atoms with Crippen molar-refractivity contribution in [3.8, 4) is 5.75 Å². The standard InChI is InChI=1S/C30H34F4N2O3/c1-39-23-9-11-28-25(18-23)24(12-14-35-28)27(31)10-8-20-13-16-36(19-22(20)17-29(37)38)15-4-6-21-5-2-3-7-26(21)30(32,33)34/h2-3,5,7,9,11-12,14,18,20,22,27H,4,6,8,10,13,15-17,19H2,1H3,(H,37,38)/t20-,22+,27?/m1/s1. The van der Waals surface area contributed by atoms with Crippen molar-refractivity contribution in [2.24, 2.45) is 11.8 Å². The molecule has 1 aromatic heterocycles. The van der Waals surface area contributed by atoms with E-state index < -0.39 is 23.9 Å². The van der Waals surface area contributed by atoms with Crippen molar-refractivity contribution in [2.45, 2.75) is 50.9 Å². The number of hydrogen-bond acceptors (Lipinski definition) is 4. The van der Waals surface area contributed by atoms with Gasteiger partial charge in [-0.15, -0.1) is 0 Å². The van der Waals surface area contributed by atoms with Gasteiger partial charge in [0.2, 0.25) is 0 Å². The van der Waals surface area contributed by atoms with Gasteiger partial charge in [0.05, 0.1) is 18.2 Å². The van der Waals surface area contributed by atoms with Gasteiger partial charge in [0.25, 0.3) is 0 Å². The first kappa shape index (κ1) is 28.8. The highest BCUT2D eigenvalue weighted by Gasteiger charge is 2.33. The number of methoxy groups -OCH3 is 1. The Morgan fingerprint density at radius 2 is 1.97 bits per heavy atom. The summed E-state index contributed by atoms with van der Waals surface area (Å²) >= 11 is 0. The molecule has 39 heavy (non-hydrogen) atoms. The molecule has 0 saturated carbocycles. The fourth-order valence-electron chi connectivity index (χ4n) is 5.77. The van der Waals surface area contributed by atoms with E-state index in [1.54, 1.807) is 43.6 Å². The number of aromatic nitrogens is 1.